The maximum Gasteiger partial charge on any atom is 0.236 e. The fraction of sp³-hybridized carbons (Fsp3) is 0.625. The quantitative estimate of drug-likeness (QED) is 0.840. The average Bonchev–Trinajstić information content (AvgIpc) is 2.50. The molecule has 5 heteroatoms. The average molecular weight is 290 g/mol. The second-order valence-electron chi connectivity index (χ2n) is 5.86. The van der Waals surface area contributed by atoms with Crippen LogP contribution in [0.15, 0.2) is 24.4 Å². The van der Waals surface area contributed by atoms with Gasteiger partial charge in [-0.3, -0.25) is 14.7 Å². The fourth-order valence-corrected chi connectivity index (χ4v) is 2.58. The molecule has 1 fully saturated rings. The topological polar surface area (TPSA) is 48.5 Å². The number of aromatic nitrogens is 1. The number of likely N-dealkylation sites (tertiary alicyclic amines) is 1. The van der Waals surface area contributed by atoms with Crippen LogP contribution in [-0.2, 0) is 11.2 Å². The fourth-order valence-electron chi connectivity index (χ4n) is 2.58. The maximum absolute atomic E-state index is 11.7. The number of hydrogen-bond acceptors (Lipinski definition) is 4. The molecule has 0 spiro atoms. The van der Waals surface area contributed by atoms with Crippen molar-refractivity contribution in [3.63, 3.8) is 0 Å². The number of rotatable bonds is 6. The normalized spacial score (nSPS) is 16.9. The molecule has 5 nitrogen and oxygen atoms in total. The van der Waals surface area contributed by atoms with Crippen LogP contribution in [0.5, 0.6) is 0 Å². The van der Waals surface area contributed by atoms with Gasteiger partial charge in [-0.2, -0.15) is 0 Å². The van der Waals surface area contributed by atoms with E-state index in [9.17, 15) is 4.79 Å². The summed E-state index contributed by atoms with van der Waals surface area (Å²) in [5.41, 5.74) is 1.14. The smallest absolute Gasteiger partial charge is 0.236 e. The Bertz CT molecular complexity index is 427. The second kappa shape index (κ2) is 8.10. The molecule has 0 bridgehead atoms. The molecule has 0 aromatic carbocycles. The number of amides is 1. The van der Waals surface area contributed by atoms with Crippen LogP contribution < -0.4 is 5.32 Å². The van der Waals surface area contributed by atoms with Gasteiger partial charge in [0, 0.05) is 58.1 Å². The van der Waals surface area contributed by atoms with Gasteiger partial charge in [-0.05, 0) is 25.0 Å². The lowest BCUT2D eigenvalue weighted by Crippen LogP contribution is -2.46. The van der Waals surface area contributed by atoms with Gasteiger partial charge >= 0.3 is 0 Å². The van der Waals surface area contributed by atoms with Crippen molar-refractivity contribution in [3.05, 3.63) is 30.1 Å². The van der Waals surface area contributed by atoms with Gasteiger partial charge in [0.2, 0.25) is 5.91 Å². The molecule has 0 aliphatic carbocycles. The van der Waals surface area contributed by atoms with E-state index in [1.165, 1.54) is 0 Å². The molecule has 2 heterocycles. The van der Waals surface area contributed by atoms with E-state index in [-0.39, 0.29) is 5.91 Å². The lowest BCUT2D eigenvalue weighted by molar-refractivity contribution is -0.130. The Morgan fingerprint density at radius 2 is 2.14 bits per heavy atom. The Labute approximate surface area is 127 Å². The SMILES string of the molecule is CN(C)C(=O)CN1CCC(NCCc2ccccn2)CC1. The Morgan fingerprint density at radius 1 is 1.38 bits per heavy atom. The van der Waals surface area contributed by atoms with E-state index in [1.54, 1.807) is 4.90 Å². The minimum absolute atomic E-state index is 0.191. The van der Waals surface area contributed by atoms with Crippen molar-refractivity contribution in [2.24, 2.45) is 0 Å². The molecule has 1 aromatic heterocycles. The van der Waals surface area contributed by atoms with Crippen molar-refractivity contribution in [1.29, 1.82) is 0 Å². The van der Waals surface area contributed by atoms with Crippen LogP contribution in [0.25, 0.3) is 0 Å². The lowest BCUT2D eigenvalue weighted by atomic mass is 10.0. The Morgan fingerprint density at radius 3 is 2.76 bits per heavy atom. The molecule has 1 N–H and O–H groups in total. The van der Waals surface area contributed by atoms with Gasteiger partial charge < -0.3 is 10.2 Å². The van der Waals surface area contributed by atoms with E-state index in [0.29, 0.717) is 12.6 Å². The van der Waals surface area contributed by atoms with Crippen LogP contribution in [0.1, 0.15) is 18.5 Å². The minimum atomic E-state index is 0.191. The monoisotopic (exact) mass is 290 g/mol. The van der Waals surface area contributed by atoms with Crippen molar-refractivity contribution in [1.82, 2.24) is 20.1 Å². The van der Waals surface area contributed by atoms with Gasteiger partial charge in [-0.1, -0.05) is 6.07 Å². The molecule has 21 heavy (non-hydrogen) atoms. The summed E-state index contributed by atoms with van der Waals surface area (Å²) in [6.07, 6.45) is 5.04. The zero-order valence-electron chi connectivity index (χ0n) is 13.1. The summed E-state index contributed by atoms with van der Waals surface area (Å²) < 4.78 is 0. The molecule has 1 aromatic rings. The third-order valence-corrected chi connectivity index (χ3v) is 3.99. The van der Waals surface area contributed by atoms with Gasteiger partial charge in [-0.25, -0.2) is 0 Å². The highest BCUT2D eigenvalue weighted by Gasteiger charge is 2.20. The lowest BCUT2D eigenvalue weighted by Gasteiger charge is -2.32. The highest BCUT2D eigenvalue weighted by Crippen LogP contribution is 2.10. The van der Waals surface area contributed by atoms with E-state index < -0.39 is 0 Å². The summed E-state index contributed by atoms with van der Waals surface area (Å²) in [6, 6.07) is 6.61. The molecule has 116 valence electrons. The summed E-state index contributed by atoms with van der Waals surface area (Å²) in [4.78, 5) is 19.9. The Balaban J connectivity index is 1.62. The summed E-state index contributed by atoms with van der Waals surface area (Å²) >= 11 is 0. The molecular formula is C16H26N4O. The van der Waals surface area contributed by atoms with E-state index >= 15 is 0 Å². The first-order valence-corrected chi connectivity index (χ1v) is 7.71. The molecule has 0 unspecified atom stereocenters. The van der Waals surface area contributed by atoms with Crippen molar-refractivity contribution in [2.75, 3.05) is 40.3 Å². The van der Waals surface area contributed by atoms with Crippen LogP contribution in [0.2, 0.25) is 0 Å². The first-order chi connectivity index (χ1) is 10.1. The largest absolute Gasteiger partial charge is 0.348 e. The number of carbonyl (C=O) groups excluding carboxylic acids is 1. The summed E-state index contributed by atoms with van der Waals surface area (Å²) in [5, 5.41) is 3.60. The van der Waals surface area contributed by atoms with Crippen molar-refractivity contribution in [2.45, 2.75) is 25.3 Å². The Kier molecular flexibility index (Phi) is 6.14. The molecule has 0 atom stereocenters. The number of nitrogens with zero attached hydrogens (tertiary/aromatic N) is 3. The molecule has 1 aliphatic rings. The summed E-state index contributed by atoms with van der Waals surface area (Å²) in [6.45, 7) is 3.52. The van der Waals surface area contributed by atoms with E-state index in [2.05, 4.69) is 21.3 Å². The molecule has 1 amide bonds. The molecule has 1 saturated heterocycles. The molecule has 2 rings (SSSR count). The van der Waals surface area contributed by atoms with Crippen molar-refractivity contribution in [3.8, 4) is 0 Å². The first kappa shape index (κ1) is 15.9. The predicted molar refractivity (Wildman–Crippen MR) is 84.1 cm³/mol. The first-order valence-electron chi connectivity index (χ1n) is 7.71. The number of nitrogens with one attached hydrogen (secondary N) is 1. The maximum atomic E-state index is 11.7. The molecular weight excluding hydrogens is 264 g/mol. The van der Waals surface area contributed by atoms with Gasteiger partial charge in [0.05, 0.1) is 6.54 Å². The third kappa shape index (κ3) is 5.44. The van der Waals surface area contributed by atoms with Crippen LogP contribution in [0.3, 0.4) is 0 Å². The van der Waals surface area contributed by atoms with E-state index in [0.717, 1.165) is 44.6 Å². The van der Waals surface area contributed by atoms with Gasteiger partial charge in [-0.15, -0.1) is 0 Å². The van der Waals surface area contributed by atoms with Crippen LogP contribution in [-0.4, -0.2) is 67.0 Å². The zero-order valence-corrected chi connectivity index (χ0v) is 13.1. The summed E-state index contributed by atoms with van der Waals surface area (Å²) in [7, 11) is 3.63. The second-order valence-corrected chi connectivity index (χ2v) is 5.86. The molecule has 0 radical (unpaired) electrons. The number of likely N-dealkylation sites (N-methyl/N-ethyl adjacent to an activating group) is 1. The Hall–Kier alpha value is -1.46. The van der Waals surface area contributed by atoms with Crippen molar-refractivity contribution < 1.29 is 4.79 Å². The minimum Gasteiger partial charge on any atom is -0.348 e. The summed E-state index contributed by atoms with van der Waals surface area (Å²) in [5.74, 6) is 0.191. The molecule has 0 saturated carbocycles. The van der Waals surface area contributed by atoms with Gasteiger partial charge in [0.1, 0.15) is 0 Å². The number of piperidine rings is 1. The third-order valence-electron chi connectivity index (χ3n) is 3.99. The number of carbonyl (C=O) groups is 1. The van der Waals surface area contributed by atoms with E-state index in [1.807, 2.05) is 32.4 Å². The van der Waals surface area contributed by atoms with Crippen LogP contribution >= 0.6 is 0 Å². The number of pyridine rings is 1. The van der Waals surface area contributed by atoms with Gasteiger partial charge in [0.15, 0.2) is 0 Å². The predicted octanol–water partition coefficient (Wildman–Crippen LogP) is 0.766. The molecule has 1 aliphatic heterocycles. The number of hydrogen-bond donors (Lipinski definition) is 1. The highest BCUT2D eigenvalue weighted by molar-refractivity contribution is 5.77. The highest BCUT2D eigenvalue weighted by atomic mass is 16.2. The standard InChI is InChI=1S/C16H26N4O/c1-19(2)16(21)13-20-11-7-15(8-12-20)18-10-6-14-5-3-4-9-17-14/h3-5,9,15,18H,6-8,10-13H2,1-2H3. The van der Waals surface area contributed by atoms with Crippen molar-refractivity contribution >= 4 is 5.91 Å². The van der Waals surface area contributed by atoms with E-state index in [4.69, 9.17) is 0 Å². The van der Waals surface area contributed by atoms with Crippen LogP contribution in [0, 0.1) is 0 Å². The van der Waals surface area contributed by atoms with Crippen LogP contribution in [0.4, 0.5) is 0 Å². The zero-order chi connectivity index (χ0) is 15.1. The van der Waals surface area contributed by atoms with Gasteiger partial charge in [0.25, 0.3) is 0 Å².